The standard InChI is InChI=1S/C28H31NO5/c1-5-32-24-14-10-9-13-23(24)29-27(31)26(20-11-7-6-8-12-20)34-25(30)19-33-22-17-15-21(16-18-22)28(2,3)4/h6-18,26H,5,19H2,1-4H3,(H,29,31). The van der Waals surface area contributed by atoms with Gasteiger partial charge in [0.1, 0.15) is 11.5 Å². The molecule has 0 fully saturated rings. The minimum Gasteiger partial charge on any atom is -0.492 e. The van der Waals surface area contributed by atoms with E-state index in [1.807, 2.05) is 43.3 Å². The van der Waals surface area contributed by atoms with E-state index in [4.69, 9.17) is 14.2 Å². The molecule has 0 aliphatic heterocycles. The van der Waals surface area contributed by atoms with Gasteiger partial charge in [-0.2, -0.15) is 0 Å². The molecule has 0 spiro atoms. The third-order valence-corrected chi connectivity index (χ3v) is 5.11. The molecule has 0 bridgehead atoms. The lowest BCUT2D eigenvalue weighted by atomic mass is 9.87. The number of carbonyl (C=O) groups excluding carboxylic acids is 2. The van der Waals surface area contributed by atoms with Crippen LogP contribution >= 0.6 is 0 Å². The molecule has 6 nitrogen and oxygen atoms in total. The Morgan fingerprint density at radius 1 is 0.853 bits per heavy atom. The lowest BCUT2D eigenvalue weighted by Gasteiger charge is -2.20. The Balaban J connectivity index is 1.69. The van der Waals surface area contributed by atoms with Crippen LogP contribution in [0.2, 0.25) is 0 Å². The van der Waals surface area contributed by atoms with Crippen LogP contribution in [0.1, 0.15) is 44.9 Å². The maximum absolute atomic E-state index is 13.1. The molecule has 34 heavy (non-hydrogen) atoms. The Morgan fingerprint density at radius 2 is 1.50 bits per heavy atom. The van der Waals surface area contributed by atoms with Gasteiger partial charge in [-0.3, -0.25) is 4.79 Å². The summed E-state index contributed by atoms with van der Waals surface area (Å²) >= 11 is 0. The highest BCUT2D eigenvalue weighted by atomic mass is 16.6. The van der Waals surface area contributed by atoms with Gasteiger partial charge in [0.2, 0.25) is 6.10 Å². The summed E-state index contributed by atoms with van der Waals surface area (Å²) < 4.78 is 16.7. The molecule has 0 heterocycles. The van der Waals surface area contributed by atoms with Crippen molar-refractivity contribution in [1.29, 1.82) is 0 Å². The van der Waals surface area contributed by atoms with Crippen molar-refractivity contribution in [3.05, 3.63) is 90.0 Å². The summed E-state index contributed by atoms with van der Waals surface area (Å²) in [5, 5.41) is 2.81. The van der Waals surface area contributed by atoms with Gasteiger partial charge in [0.05, 0.1) is 12.3 Å². The van der Waals surface area contributed by atoms with Gasteiger partial charge in [0.25, 0.3) is 5.91 Å². The summed E-state index contributed by atoms with van der Waals surface area (Å²) in [4.78, 5) is 25.7. The van der Waals surface area contributed by atoms with Crippen LogP contribution in [0.4, 0.5) is 5.69 Å². The Kier molecular flexibility index (Phi) is 8.30. The number of nitrogens with one attached hydrogen (secondary N) is 1. The zero-order valence-electron chi connectivity index (χ0n) is 20.0. The summed E-state index contributed by atoms with van der Waals surface area (Å²) in [7, 11) is 0. The first kappa shape index (κ1) is 24.8. The van der Waals surface area contributed by atoms with Crippen molar-refractivity contribution >= 4 is 17.6 Å². The van der Waals surface area contributed by atoms with Crippen molar-refractivity contribution in [3.63, 3.8) is 0 Å². The number of hydrogen-bond donors (Lipinski definition) is 1. The molecule has 0 radical (unpaired) electrons. The Morgan fingerprint density at radius 3 is 2.15 bits per heavy atom. The molecular weight excluding hydrogens is 430 g/mol. The van der Waals surface area contributed by atoms with E-state index >= 15 is 0 Å². The maximum Gasteiger partial charge on any atom is 0.345 e. The van der Waals surface area contributed by atoms with E-state index in [9.17, 15) is 9.59 Å². The molecule has 3 aromatic rings. The van der Waals surface area contributed by atoms with E-state index < -0.39 is 18.0 Å². The minimum atomic E-state index is -1.14. The monoisotopic (exact) mass is 461 g/mol. The Labute approximate surface area is 200 Å². The number of carbonyl (C=O) groups is 2. The van der Waals surface area contributed by atoms with Gasteiger partial charge in [-0.25, -0.2) is 4.79 Å². The van der Waals surface area contributed by atoms with Gasteiger partial charge >= 0.3 is 5.97 Å². The van der Waals surface area contributed by atoms with Crippen molar-refractivity contribution in [1.82, 2.24) is 0 Å². The van der Waals surface area contributed by atoms with E-state index in [1.54, 1.807) is 42.5 Å². The molecule has 1 N–H and O–H groups in total. The number of anilines is 1. The second kappa shape index (κ2) is 11.4. The number of amides is 1. The van der Waals surface area contributed by atoms with Crippen LogP contribution in [0, 0.1) is 0 Å². The molecule has 6 heteroatoms. The first-order chi connectivity index (χ1) is 16.3. The van der Waals surface area contributed by atoms with Crippen molar-refractivity contribution in [3.8, 4) is 11.5 Å². The second-order valence-corrected chi connectivity index (χ2v) is 8.76. The predicted molar refractivity (Wildman–Crippen MR) is 132 cm³/mol. The number of para-hydroxylation sites is 2. The third kappa shape index (κ3) is 6.85. The quantitative estimate of drug-likeness (QED) is 0.415. The van der Waals surface area contributed by atoms with E-state index in [-0.39, 0.29) is 12.0 Å². The Bertz CT molecular complexity index is 1090. The van der Waals surface area contributed by atoms with Crippen LogP contribution in [0.3, 0.4) is 0 Å². The summed E-state index contributed by atoms with van der Waals surface area (Å²) in [6, 6.07) is 23.5. The average molecular weight is 462 g/mol. The number of esters is 1. The number of ether oxygens (including phenoxy) is 3. The fourth-order valence-electron chi connectivity index (χ4n) is 3.31. The van der Waals surface area contributed by atoms with Gasteiger partial charge in [0, 0.05) is 5.56 Å². The van der Waals surface area contributed by atoms with Crippen LogP contribution in [0.5, 0.6) is 11.5 Å². The molecule has 0 saturated heterocycles. The molecule has 1 atom stereocenters. The van der Waals surface area contributed by atoms with Crippen LogP contribution in [-0.2, 0) is 19.7 Å². The first-order valence-corrected chi connectivity index (χ1v) is 11.3. The van der Waals surface area contributed by atoms with Crippen LogP contribution in [0.25, 0.3) is 0 Å². The van der Waals surface area contributed by atoms with E-state index in [0.29, 0.717) is 29.4 Å². The van der Waals surface area contributed by atoms with Crippen molar-refractivity contribution in [2.75, 3.05) is 18.5 Å². The van der Waals surface area contributed by atoms with Crippen LogP contribution in [0.15, 0.2) is 78.9 Å². The molecule has 0 aliphatic carbocycles. The summed E-state index contributed by atoms with van der Waals surface area (Å²) in [6.45, 7) is 8.38. The summed E-state index contributed by atoms with van der Waals surface area (Å²) in [6.07, 6.45) is -1.14. The Hall–Kier alpha value is -3.80. The zero-order valence-corrected chi connectivity index (χ0v) is 20.0. The normalized spacial score (nSPS) is 11.9. The zero-order chi connectivity index (χ0) is 24.6. The maximum atomic E-state index is 13.1. The van der Waals surface area contributed by atoms with Gasteiger partial charge in [-0.05, 0) is 42.2 Å². The minimum absolute atomic E-state index is 0.0223. The van der Waals surface area contributed by atoms with Crippen LogP contribution in [-0.4, -0.2) is 25.1 Å². The summed E-state index contributed by atoms with van der Waals surface area (Å²) in [5.74, 6) is -0.0435. The largest absolute Gasteiger partial charge is 0.492 e. The molecule has 0 aliphatic rings. The van der Waals surface area contributed by atoms with Gasteiger partial charge in [0.15, 0.2) is 6.61 Å². The van der Waals surface area contributed by atoms with Gasteiger partial charge in [-0.1, -0.05) is 75.4 Å². The number of hydrogen-bond acceptors (Lipinski definition) is 5. The first-order valence-electron chi connectivity index (χ1n) is 11.3. The number of benzene rings is 3. The molecule has 3 rings (SSSR count). The summed E-state index contributed by atoms with van der Waals surface area (Å²) in [5.41, 5.74) is 2.24. The fourth-order valence-corrected chi connectivity index (χ4v) is 3.31. The fraction of sp³-hybridized carbons (Fsp3) is 0.286. The van der Waals surface area contributed by atoms with E-state index in [2.05, 4.69) is 26.1 Å². The topological polar surface area (TPSA) is 73.9 Å². The molecule has 0 aromatic heterocycles. The van der Waals surface area contributed by atoms with Crippen molar-refractivity contribution in [2.24, 2.45) is 0 Å². The molecular formula is C28H31NO5. The predicted octanol–water partition coefficient (Wildman–Crippen LogP) is 5.68. The SMILES string of the molecule is CCOc1ccccc1NC(=O)C(OC(=O)COc1ccc(C(C)(C)C)cc1)c1ccccc1. The average Bonchev–Trinajstić information content (AvgIpc) is 2.83. The highest BCUT2D eigenvalue weighted by Crippen LogP contribution is 2.27. The third-order valence-electron chi connectivity index (χ3n) is 5.11. The number of rotatable bonds is 9. The van der Waals surface area contributed by atoms with Crippen molar-refractivity contribution < 1.29 is 23.8 Å². The smallest absolute Gasteiger partial charge is 0.345 e. The lowest BCUT2D eigenvalue weighted by Crippen LogP contribution is -2.28. The highest BCUT2D eigenvalue weighted by molar-refractivity contribution is 5.97. The second-order valence-electron chi connectivity index (χ2n) is 8.76. The van der Waals surface area contributed by atoms with Gasteiger partial charge in [-0.15, -0.1) is 0 Å². The van der Waals surface area contributed by atoms with Gasteiger partial charge < -0.3 is 19.5 Å². The van der Waals surface area contributed by atoms with Crippen LogP contribution < -0.4 is 14.8 Å². The molecule has 1 unspecified atom stereocenters. The van der Waals surface area contributed by atoms with Crippen molar-refractivity contribution in [2.45, 2.75) is 39.2 Å². The lowest BCUT2D eigenvalue weighted by molar-refractivity contribution is -0.156. The molecule has 1 amide bonds. The molecule has 3 aromatic carbocycles. The highest BCUT2D eigenvalue weighted by Gasteiger charge is 2.26. The molecule has 178 valence electrons. The van der Waals surface area contributed by atoms with E-state index in [0.717, 1.165) is 5.56 Å². The van der Waals surface area contributed by atoms with E-state index in [1.165, 1.54) is 0 Å². The molecule has 0 saturated carbocycles.